The van der Waals surface area contributed by atoms with E-state index in [9.17, 15) is 14.9 Å². The van der Waals surface area contributed by atoms with Crippen molar-refractivity contribution in [3.8, 4) is 0 Å². The molecule has 0 fully saturated rings. The third-order valence-electron chi connectivity index (χ3n) is 2.73. The lowest BCUT2D eigenvalue weighted by atomic mass is 10.1. The average molecular weight is 267 g/mol. The highest BCUT2D eigenvalue weighted by Gasteiger charge is 2.24. The van der Waals surface area contributed by atoms with Crippen molar-refractivity contribution in [2.75, 3.05) is 13.1 Å². The van der Waals surface area contributed by atoms with E-state index in [1.165, 1.54) is 18.2 Å². The second-order valence-electron chi connectivity index (χ2n) is 3.93. The van der Waals surface area contributed by atoms with Crippen molar-refractivity contribution in [1.82, 2.24) is 4.90 Å². The van der Waals surface area contributed by atoms with Gasteiger partial charge < -0.3 is 4.90 Å². The maximum absolute atomic E-state index is 12.2. The van der Waals surface area contributed by atoms with Crippen molar-refractivity contribution in [3.63, 3.8) is 0 Å². The predicted molar refractivity (Wildman–Crippen MR) is 67.8 cm³/mol. The highest BCUT2D eigenvalue weighted by Crippen LogP contribution is 2.24. The Labute approximate surface area is 109 Å². The molecule has 94 valence electrons. The summed E-state index contributed by atoms with van der Waals surface area (Å²) in [5, 5.41) is 11.2. The van der Waals surface area contributed by atoms with Crippen molar-refractivity contribution in [2.24, 2.45) is 0 Å². The maximum Gasteiger partial charge on any atom is 0.282 e. The molecule has 1 aliphatic heterocycles. The number of carbonyl (C=O) groups excluding carboxylic acids is 1. The molecule has 0 bridgehead atoms. The van der Waals surface area contributed by atoms with E-state index >= 15 is 0 Å². The fraction of sp³-hybridized carbons (Fsp3) is 0.250. The van der Waals surface area contributed by atoms with Crippen LogP contribution < -0.4 is 0 Å². The number of nitrogens with zero attached hydrogens (tertiary/aromatic N) is 2. The van der Waals surface area contributed by atoms with Crippen LogP contribution in [0, 0.1) is 10.1 Å². The summed E-state index contributed by atoms with van der Waals surface area (Å²) in [5.41, 5.74) is -0.165. The predicted octanol–water partition coefficient (Wildman–Crippen LogP) is 2.65. The number of amides is 1. The van der Waals surface area contributed by atoms with Crippen LogP contribution in [0.3, 0.4) is 0 Å². The van der Waals surface area contributed by atoms with Gasteiger partial charge in [-0.3, -0.25) is 14.9 Å². The summed E-state index contributed by atoms with van der Waals surface area (Å²) >= 11 is 5.80. The van der Waals surface area contributed by atoms with Gasteiger partial charge in [0.15, 0.2) is 0 Å². The lowest BCUT2D eigenvalue weighted by Crippen LogP contribution is -2.34. The molecule has 1 amide bonds. The van der Waals surface area contributed by atoms with Crippen molar-refractivity contribution >= 4 is 23.2 Å². The number of nitro groups is 1. The first-order valence-corrected chi connectivity index (χ1v) is 5.85. The number of halogens is 1. The highest BCUT2D eigenvalue weighted by atomic mass is 35.5. The van der Waals surface area contributed by atoms with Gasteiger partial charge in [0.2, 0.25) is 0 Å². The molecule has 0 unspecified atom stereocenters. The number of rotatable bonds is 2. The second kappa shape index (κ2) is 5.18. The zero-order valence-electron chi connectivity index (χ0n) is 9.51. The molecule has 0 saturated heterocycles. The monoisotopic (exact) mass is 266 g/mol. The van der Waals surface area contributed by atoms with Crippen molar-refractivity contribution in [2.45, 2.75) is 6.42 Å². The Morgan fingerprint density at radius 1 is 1.39 bits per heavy atom. The maximum atomic E-state index is 12.2. The smallest absolute Gasteiger partial charge is 0.282 e. The fourth-order valence-corrected chi connectivity index (χ4v) is 2.01. The molecule has 0 saturated carbocycles. The molecule has 2 rings (SSSR count). The highest BCUT2D eigenvalue weighted by molar-refractivity contribution is 6.31. The Balaban J connectivity index is 2.36. The van der Waals surface area contributed by atoms with E-state index in [4.69, 9.17) is 11.6 Å². The van der Waals surface area contributed by atoms with Crippen molar-refractivity contribution < 1.29 is 9.72 Å². The summed E-state index contributed by atoms with van der Waals surface area (Å²) in [6.45, 7) is 1.04. The standard InChI is InChI=1S/C12H11ClN2O3/c13-9-4-5-11(15(17)18)10(8-9)12(16)14-6-2-1-3-7-14/h1-2,4-5,8H,3,6-7H2. The van der Waals surface area contributed by atoms with Crippen LogP contribution in [0.4, 0.5) is 5.69 Å². The summed E-state index contributed by atoms with van der Waals surface area (Å²) in [4.78, 5) is 24.1. The van der Waals surface area contributed by atoms with Crippen LogP contribution in [-0.2, 0) is 0 Å². The van der Waals surface area contributed by atoms with Crippen LogP contribution in [0.25, 0.3) is 0 Å². The molecule has 1 aliphatic rings. The Kier molecular flexibility index (Phi) is 3.62. The Hall–Kier alpha value is -1.88. The molecule has 0 spiro atoms. The van der Waals surface area contributed by atoms with Crippen LogP contribution in [0.2, 0.25) is 5.02 Å². The molecule has 0 aliphatic carbocycles. The molecule has 0 atom stereocenters. The molecule has 0 radical (unpaired) electrons. The Morgan fingerprint density at radius 2 is 2.17 bits per heavy atom. The number of nitro benzene ring substituents is 1. The summed E-state index contributed by atoms with van der Waals surface area (Å²) in [6, 6.07) is 4.02. The van der Waals surface area contributed by atoms with Crippen LogP contribution in [0.5, 0.6) is 0 Å². The Bertz CT molecular complexity index is 528. The van der Waals surface area contributed by atoms with Gasteiger partial charge >= 0.3 is 0 Å². The van der Waals surface area contributed by atoms with E-state index in [0.29, 0.717) is 18.1 Å². The van der Waals surface area contributed by atoms with Crippen LogP contribution in [0.15, 0.2) is 30.4 Å². The first kappa shape index (κ1) is 12.6. The van der Waals surface area contributed by atoms with Crippen LogP contribution in [0.1, 0.15) is 16.8 Å². The fourth-order valence-electron chi connectivity index (χ4n) is 1.83. The topological polar surface area (TPSA) is 63.4 Å². The van der Waals surface area contributed by atoms with E-state index in [2.05, 4.69) is 0 Å². The van der Waals surface area contributed by atoms with Crippen molar-refractivity contribution in [3.05, 3.63) is 51.1 Å². The van der Waals surface area contributed by atoms with Gasteiger partial charge in [-0.2, -0.15) is 0 Å². The minimum absolute atomic E-state index is 0.0443. The van der Waals surface area contributed by atoms with E-state index in [-0.39, 0.29) is 17.2 Å². The third-order valence-corrected chi connectivity index (χ3v) is 2.97. The first-order valence-electron chi connectivity index (χ1n) is 5.48. The zero-order chi connectivity index (χ0) is 13.1. The number of hydrogen-bond donors (Lipinski definition) is 0. The van der Waals surface area contributed by atoms with E-state index in [0.717, 1.165) is 6.42 Å². The van der Waals surface area contributed by atoms with E-state index in [1.54, 1.807) is 4.90 Å². The Morgan fingerprint density at radius 3 is 2.78 bits per heavy atom. The minimum Gasteiger partial charge on any atom is -0.334 e. The summed E-state index contributed by atoms with van der Waals surface area (Å²) in [6.07, 6.45) is 4.62. The molecule has 0 aromatic heterocycles. The van der Waals surface area contributed by atoms with Crippen LogP contribution in [-0.4, -0.2) is 28.8 Å². The average Bonchev–Trinajstić information content (AvgIpc) is 2.38. The van der Waals surface area contributed by atoms with Gasteiger partial charge in [0.1, 0.15) is 5.56 Å². The lowest BCUT2D eigenvalue weighted by Gasteiger charge is -2.23. The molecule has 1 aromatic carbocycles. The summed E-state index contributed by atoms with van der Waals surface area (Å²) < 4.78 is 0. The molecule has 1 aromatic rings. The molecule has 5 nitrogen and oxygen atoms in total. The van der Waals surface area contributed by atoms with Gasteiger partial charge in [-0.15, -0.1) is 0 Å². The SMILES string of the molecule is O=C(c1cc(Cl)ccc1[N+](=O)[O-])N1CC=CCC1. The molecule has 18 heavy (non-hydrogen) atoms. The zero-order valence-corrected chi connectivity index (χ0v) is 10.3. The first-order chi connectivity index (χ1) is 8.59. The van der Waals surface area contributed by atoms with E-state index < -0.39 is 4.92 Å². The van der Waals surface area contributed by atoms with Gasteiger partial charge in [0, 0.05) is 24.2 Å². The summed E-state index contributed by atoms with van der Waals surface area (Å²) in [5.74, 6) is -0.353. The van der Waals surface area contributed by atoms with Crippen LogP contribution >= 0.6 is 11.6 Å². The number of benzene rings is 1. The van der Waals surface area contributed by atoms with Crippen molar-refractivity contribution in [1.29, 1.82) is 0 Å². The van der Waals surface area contributed by atoms with Gasteiger partial charge in [-0.1, -0.05) is 23.8 Å². The molecule has 6 heteroatoms. The van der Waals surface area contributed by atoms with Gasteiger partial charge in [-0.05, 0) is 18.6 Å². The second-order valence-corrected chi connectivity index (χ2v) is 4.37. The van der Waals surface area contributed by atoms with E-state index in [1.807, 2.05) is 12.2 Å². The molecular weight excluding hydrogens is 256 g/mol. The largest absolute Gasteiger partial charge is 0.334 e. The van der Waals surface area contributed by atoms with Gasteiger partial charge in [0.25, 0.3) is 11.6 Å². The molecule has 0 N–H and O–H groups in total. The normalized spacial score (nSPS) is 14.6. The minimum atomic E-state index is -0.566. The molecular formula is C12H11ClN2O3. The number of hydrogen-bond acceptors (Lipinski definition) is 3. The third kappa shape index (κ3) is 2.51. The van der Waals surface area contributed by atoms with Gasteiger partial charge in [0.05, 0.1) is 4.92 Å². The quantitative estimate of drug-likeness (QED) is 0.470. The lowest BCUT2D eigenvalue weighted by molar-refractivity contribution is -0.385. The number of carbonyl (C=O) groups is 1. The summed E-state index contributed by atoms with van der Waals surface area (Å²) in [7, 11) is 0. The van der Waals surface area contributed by atoms with Gasteiger partial charge in [-0.25, -0.2) is 0 Å². The molecule has 1 heterocycles.